The van der Waals surface area contributed by atoms with Gasteiger partial charge in [-0.3, -0.25) is 9.97 Å². The lowest BCUT2D eigenvalue weighted by Crippen LogP contribution is -2.17. The van der Waals surface area contributed by atoms with E-state index in [1.165, 1.54) is 37.1 Å². The molecule has 6 heteroatoms. The summed E-state index contributed by atoms with van der Waals surface area (Å²) in [6, 6.07) is 21.7. The second-order valence-corrected chi connectivity index (χ2v) is 10.8. The van der Waals surface area contributed by atoms with Crippen molar-refractivity contribution in [2.24, 2.45) is 0 Å². The number of rotatable bonds is 6. The number of aromatic nitrogens is 2. The molecular weight excluding hydrogens is 496 g/mol. The van der Waals surface area contributed by atoms with Crippen LogP contribution in [-0.2, 0) is 0 Å². The summed E-state index contributed by atoms with van der Waals surface area (Å²) in [7, 11) is 3.48. The molecular formula is C34H34N4O2. The Morgan fingerprint density at radius 2 is 0.975 bits per heavy atom. The van der Waals surface area contributed by atoms with Crippen molar-refractivity contribution < 1.29 is 9.47 Å². The van der Waals surface area contributed by atoms with E-state index >= 15 is 0 Å². The van der Waals surface area contributed by atoms with E-state index in [9.17, 15) is 0 Å². The van der Waals surface area contributed by atoms with Crippen molar-refractivity contribution in [3.8, 4) is 33.8 Å². The molecule has 3 aromatic carbocycles. The van der Waals surface area contributed by atoms with Gasteiger partial charge in [-0.05, 0) is 84.3 Å². The minimum atomic E-state index is 0.873. The largest absolute Gasteiger partial charge is 0.497 e. The first-order valence-corrected chi connectivity index (χ1v) is 14.3. The number of pyridine rings is 2. The van der Waals surface area contributed by atoms with Gasteiger partial charge in [-0.15, -0.1) is 0 Å². The molecule has 2 fully saturated rings. The van der Waals surface area contributed by atoms with E-state index in [4.69, 9.17) is 19.4 Å². The van der Waals surface area contributed by atoms with Gasteiger partial charge in [0.1, 0.15) is 11.5 Å². The Balaban J connectivity index is 1.37. The predicted octanol–water partition coefficient (Wildman–Crippen LogP) is 7.33. The highest BCUT2D eigenvalue weighted by Crippen LogP contribution is 2.39. The standard InChI is InChI=1S/C34H34N4O2/c1-39-27-19-23(17-25(21-27)37-13-3-4-14-37)29-9-11-35-33-31(29)7-8-32-30(10-12-36-34(32)33)24-18-26(22-28(20-24)40-2)38-15-5-6-16-38/h7-12,17-22H,3-6,13-16H2,1-2H3. The number of ether oxygens (including phenoxy) is 2. The predicted molar refractivity (Wildman–Crippen MR) is 164 cm³/mol. The number of anilines is 2. The second kappa shape index (κ2) is 10.3. The topological polar surface area (TPSA) is 50.7 Å². The van der Waals surface area contributed by atoms with E-state index in [2.05, 4.69) is 70.5 Å². The van der Waals surface area contributed by atoms with E-state index in [-0.39, 0.29) is 0 Å². The average Bonchev–Trinajstić information content (AvgIpc) is 3.75. The van der Waals surface area contributed by atoms with Gasteiger partial charge < -0.3 is 19.3 Å². The van der Waals surface area contributed by atoms with Crippen molar-refractivity contribution in [1.82, 2.24) is 9.97 Å². The quantitative estimate of drug-likeness (QED) is 0.214. The van der Waals surface area contributed by atoms with E-state index in [0.29, 0.717) is 0 Å². The summed E-state index contributed by atoms with van der Waals surface area (Å²) in [5.74, 6) is 1.75. The fraction of sp³-hybridized carbons (Fsp3) is 0.294. The smallest absolute Gasteiger partial charge is 0.121 e. The highest BCUT2D eigenvalue weighted by atomic mass is 16.5. The van der Waals surface area contributed by atoms with E-state index in [0.717, 1.165) is 81.7 Å². The monoisotopic (exact) mass is 530 g/mol. The lowest BCUT2D eigenvalue weighted by Gasteiger charge is -2.20. The van der Waals surface area contributed by atoms with Gasteiger partial charge in [0, 0.05) is 72.9 Å². The summed E-state index contributed by atoms with van der Waals surface area (Å²) in [6.07, 6.45) is 8.74. The lowest BCUT2D eigenvalue weighted by molar-refractivity contribution is 0.415. The van der Waals surface area contributed by atoms with Gasteiger partial charge in [0.25, 0.3) is 0 Å². The Morgan fingerprint density at radius 3 is 1.38 bits per heavy atom. The van der Waals surface area contributed by atoms with Gasteiger partial charge in [0.2, 0.25) is 0 Å². The molecule has 0 spiro atoms. The van der Waals surface area contributed by atoms with Gasteiger partial charge >= 0.3 is 0 Å². The Hall–Kier alpha value is -4.32. The number of fused-ring (bicyclic) bond motifs is 3. The number of nitrogens with zero attached hydrogens (tertiary/aromatic N) is 4. The van der Waals surface area contributed by atoms with Crippen molar-refractivity contribution in [3.05, 3.63) is 73.1 Å². The first-order valence-electron chi connectivity index (χ1n) is 14.3. The minimum Gasteiger partial charge on any atom is -0.497 e. The van der Waals surface area contributed by atoms with Gasteiger partial charge in [0.05, 0.1) is 25.3 Å². The lowest BCUT2D eigenvalue weighted by atomic mass is 9.96. The molecule has 2 aliphatic rings. The van der Waals surface area contributed by atoms with Gasteiger partial charge in [-0.25, -0.2) is 0 Å². The van der Waals surface area contributed by atoms with Crippen LogP contribution >= 0.6 is 0 Å². The zero-order valence-corrected chi connectivity index (χ0v) is 23.2. The van der Waals surface area contributed by atoms with Crippen molar-refractivity contribution in [2.45, 2.75) is 25.7 Å². The molecule has 0 N–H and O–H groups in total. The van der Waals surface area contributed by atoms with Gasteiger partial charge in [0.15, 0.2) is 0 Å². The average molecular weight is 531 g/mol. The van der Waals surface area contributed by atoms with E-state index in [1.54, 1.807) is 14.2 Å². The Bertz CT molecular complexity index is 1580. The molecule has 5 aromatic rings. The maximum Gasteiger partial charge on any atom is 0.121 e. The normalized spacial score (nSPS) is 15.3. The SMILES string of the molecule is COc1cc(-c2ccnc3c2ccc2c(-c4cc(OC)cc(N5CCCC5)c4)ccnc23)cc(N2CCCC2)c1. The molecule has 40 heavy (non-hydrogen) atoms. The first-order chi connectivity index (χ1) is 19.7. The maximum atomic E-state index is 5.72. The summed E-state index contributed by atoms with van der Waals surface area (Å²) >= 11 is 0. The molecule has 0 bridgehead atoms. The van der Waals surface area contributed by atoms with Crippen LogP contribution in [0.2, 0.25) is 0 Å². The number of hydrogen-bond donors (Lipinski definition) is 0. The first kappa shape index (κ1) is 24.7. The zero-order chi connectivity index (χ0) is 27.1. The second-order valence-electron chi connectivity index (χ2n) is 10.8. The molecule has 2 aliphatic heterocycles. The third kappa shape index (κ3) is 4.37. The zero-order valence-electron chi connectivity index (χ0n) is 23.2. The molecule has 202 valence electrons. The summed E-state index contributed by atoms with van der Waals surface area (Å²) < 4.78 is 11.4. The fourth-order valence-electron chi connectivity index (χ4n) is 6.36. The van der Waals surface area contributed by atoms with Crippen LogP contribution in [0.15, 0.2) is 73.1 Å². The van der Waals surface area contributed by atoms with Crippen LogP contribution in [-0.4, -0.2) is 50.4 Å². The molecule has 6 nitrogen and oxygen atoms in total. The molecule has 7 rings (SSSR count). The van der Waals surface area contributed by atoms with Gasteiger partial charge in [-0.1, -0.05) is 12.1 Å². The molecule has 0 amide bonds. The summed E-state index contributed by atoms with van der Waals surface area (Å²) in [5.41, 5.74) is 8.77. The number of hydrogen-bond acceptors (Lipinski definition) is 6. The Labute approximate surface area is 235 Å². The van der Waals surface area contributed by atoms with Crippen LogP contribution in [0.3, 0.4) is 0 Å². The van der Waals surface area contributed by atoms with E-state index < -0.39 is 0 Å². The van der Waals surface area contributed by atoms with Gasteiger partial charge in [-0.2, -0.15) is 0 Å². The van der Waals surface area contributed by atoms with E-state index in [1.807, 2.05) is 12.4 Å². The molecule has 2 aromatic heterocycles. The molecule has 0 unspecified atom stereocenters. The van der Waals surface area contributed by atoms with Crippen molar-refractivity contribution in [3.63, 3.8) is 0 Å². The van der Waals surface area contributed by atoms with Crippen LogP contribution in [0.5, 0.6) is 11.5 Å². The van der Waals surface area contributed by atoms with Crippen LogP contribution in [0, 0.1) is 0 Å². The van der Waals surface area contributed by atoms with Crippen molar-refractivity contribution >= 4 is 33.2 Å². The Morgan fingerprint density at radius 1 is 0.550 bits per heavy atom. The molecule has 2 saturated heterocycles. The molecule has 0 atom stereocenters. The number of methoxy groups -OCH3 is 2. The molecule has 0 radical (unpaired) electrons. The molecule has 0 saturated carbocycles. The maximum absolute atomic E-state index is 5.72. The van der Waals surface area contributed by atoms with Crippen LogP contribution in [0.1, 0.15) is 25.7 Å². The summed E-state index contributed by atoms with van der Waals surface area (Å²) in [5, 5.41) is 2.17. The van der Waals surface area contributed by atoms with Crippen LogP contribution in [0.25, 0.3) is 44.1 Å². The molecule has 0 aliphatic carbocycles. The molecule has 4 heterocycles. The highest BCUT2D eigenvalue weighted by Gasteiger charge is 2.19. The summed E-state index contributed by atoms with van der Waals surface area (Å²) in [4.78, 5) is 14.6. The third-order valence-electron chi connectivity index (χ3n) is 8.44. The van der Waals surface area contributed by atoms with Crippen molar-refractivity contribution in [2.75, 3.05) is 50.2 Å². The Kier molecular flexibility index (Phi) is 6.39. The third-order valence-corrected chi connectivity index (χ3v) is 8.44. The number of benzene rings is 3. The summed E-state index contributed by atoms with van der Waals surface area (Å²) in [6.45, 7) is 4.35. The van der Waals surface area contributed by atoms with Crippen molar-refractivity contribution in [1.29, 1.82) is 0 Å². The fourth-order valence-corrected chi connectivity index (χ4v) is 6.36. The van der Waals surface area contributed by atoms with Crippen LogP contribution in [0.4, 0.5) is 11.4 Å². The minimum absolute atomic E-state index is 0.873. The highest BCUT2D eigenvalue weighted by molar-refractivity contribution is 6.12. The van der Waals surface area contributed by atoms with Crippen LogP contribution < -0.4 is 19.3 Å².